The van der Waals surface area contributed by atoms with Crippen molar-refractivity contribution in [1.82, 2.24) is 14.8 Å². The normalized spacial score (nSPS) is 14.9. The van der Waals surface area contributed by atoms with Crippen LogP contribution < -0.4 is 10.3 Å². The fourth-order valence-corrected chi connectivity index (χ4v) is 3.83. The molecule has 2 heterocycles. The third kappa shape index (κ3) is 4.32. The number of nitrogens with zero attached hydrogens (tertiary/aromatic N) is 2. The van der Waals surface area contributed by atoms with Crippen molar-refractivity contribution < 1.29 is 9.53 Å². The van der Waals surface area contributed by atoms with Gasteiger partial charge in [-0.15, -0.1) is 0 Å². The van der Waals surface area contributed by atoms with E-state index in [1.54, 1.807) is 17.0 Å². The Morgan fingerprint density at radius 1 is 1.03 bits per heavy atom. The number of aromatic amines is 1. The van der Waals surface area contributed by atoms with Crippen LogP contribution in [0.3, 0.4) is 0 Å². The first kappa shape index (κ1) is 19.2. The number of carbonyl (C=O) groups is 1. The van der Waals surface area contributed by atoms with E-state index in [-0.39, 0.29) is 11.7 Å². The van der Waals surface area contributed by atoms with Crippen molar-refractivity contribution in [1.29, 1.82) is 0 Å². The number of ether oxygens (including phenoxy) is 1. The maximum atomic E-state index is 12.6. The van der Waals surface area contributed by atoms with Gasteiger partial charge in [-0.2, -0.15) is 0 Å². The molecule has 0 radical (unpaired) electrons. The van der Waals surface area contributed by atoms with Crippen LogP contribution in [0, 0.1) is 13.8 Å². The molecular weight excluding hydrogens is 366 g/mol. The van der Waals surface area contributed by atoms with E-state index in [1.807, 2.05) is 31.2 Å². The summed E-state index contributed by atoms with van der Waals surface area (Å²) >= 11 is 0. The summed E-state index contributed by atoms with van der Waals surface area (Å²) in [4.78, 5) is 31.8. The second-order valence-electron chi connectivity index (χ2n) is 7.61. The maximum absolute atomic E-state index is 12.6. The van der Waals surface area contributed by atoms with Gasteiger partial charge in [0.1, 0.15) is 5.75 Å². The molecule has 1 saturated heterocycles. The van der Waals surface area contributed by atoms with Crippen molar-refractivity contribution in [3.05, 3.63) is 75.6 Å². The number of nitrogens with one attached hydrogen (secondary N) is 1. The monoisotopic (exact) mass is 391 g/mol. The van der Waals surface area contributed by atoms with E-state index in [9.17, 15) is 9.59 Å². The van der Waals surface area contributed by atoms with Gasteiger partial charge in [-0.3, -0.25) is 9.69 Å². The van der Waals surface area contributed by atoms with E-state index in [2.05, 4.69) is 28.9 Å². The van der Waals surface area contributed by atoms with E-state index in [1.165, 1.54) is 5.56 Å². The van der Waals surface area contributed by atoms with Gasteiger partial charge in [0.25, 0.3) is 5.56 Å². The predicted octanol–water partition coefficient (Wildman–Crippen LogP) is 3.46. The Bertz CT molecular complexity index is 1080. The van der Waals surface area contributed by atoms with Crippen LogP contribution in [-0.2, 0) is 6.54 Å². The number of hydrogen-bond donors (Lipinski definition) is 1. The number of aromatic nitrogens is 1. The second kappa shape index (κ2) is 8.09. The molecule has 1 aromatic heterocycles. The number of aryl methyl sites for hydroxylation is 2. The van der Waals surface area contributed by atoms with Crippen molar-refractivity contribution in [3.8, 4) is 5.75 Å². The zero-order chi connectivity index (χ0) is 20.4. The zero-order valence-electron chi connectivity index (χ0n) is 16.8. The summed E-state index contributed by atoms with van der Waals surface area (Å²) < 4.78 is 5.41. The van der Waals surface area contributed by atoms with Crippen LogP contribution in [-0.4, -0.2) is 47.1 Å². The highest BCUT2D eigenvalue weighted by Gasteiger charge is 2.23. The number of piperazine rings is 1. The molecule has 4 rings (SSSR count). The molecular formula is C23H25N3O3. The highest BCUT2D eigenvalue weighted by Crippen LogP contribution is 2.19. The molecule has 0 atom stereocenters. The molecule has 0 unspecified atom stereocenters. The number of benzene rings is 2. The first-order chi connectivity index (χ1) is 14.0. The minimum Gasteiger partial charge on any atom is -0.410 e. The van der Waals surface area contributed by atoms with Crippen LogP contribution in [0.1, 0.15) is 16.7 Å². The molecule has 0 aliphatic carbocycles. The number of pyridine rings is 1. The fourth-order valence-electron chi connectivity index (χ4n) is 3.83. The first-order valence-electron chi connectivity index (χ1n) is 9.87. The standard InChI is InChI=1S/C23H25N3O3/c1-16-12-17(2)21-18(13-16)14-19(22(27)24-21)15-25-8-10-26(11-9-25)23(28)29-20-6-4-3-5-7-20/h3-7,12-14H,8-11,15H2,1-2H3,(H,24,27). The van der Waals surface area contributed by atoms with E-state index < -0.39 is 0 Å². The lowest BCUT2D eigenvalue weighted by Crippen LogP contribution is -2.49. The van der Waals surface area contributed by atoms with Crippen molar-refractivity contribution in [2.45, 2.75) is 20.4 Å². The summed E-state index contributed by atoms with van der Waals surface area (Å²) in [5.74, 6) is 0.549. The molecule has 0 spiro atoms. The maximum Gasteiger partial charge on any atom is 0.415 e. The number of amides is 1. The van der Waals surface area contributed by atoms with Crippen LogP contribution in [0.4, 0.5) is 4.79 Å². The molecule has 6 nitrogen and oxygen atoms in total. The summed E-state index contributed by atoms with van der Waals surface area (Å²) in [6.45, 7) is 7.21. The van der Waals surface area contributed by atoms with Crippen molar-refractivity contribution >= 4 is 17.0 Å². The number of carbonyl (C=O) groups excluding carboxylic acids is 1. The molecule has 1 amide bonds. The Balaban J connectivity index is 1.40. The average Bonchev–Trinajstić information content (AvgIpc) is 2.70. The largest absolute Gasteiger partial charge is 0.415 e. The molecule has 1 aliphatic rings. The van der Waals surface area contributed by atoms with Gasteiger partial charge in [-0.25, -0.2) is 4.79 Å². The van der Waals surface area contributed by atoms with Crippen LogP contribution in [0.15, 0.2) is 53.3 Å². The Labute approximate surface area is 169 Å². The van der Waals surface area contributed by atoms with Crippen LogP contribution in [0.5, 0.6) is 5.75 Å². The van der Waals surface area contributed by atoms with E-state index in [4.69, 9.17) is 4.74 Å². The third-order valence-corrected chi connectivity index (χ3v) is 5.34. The van der Waals surface area contributed by atoms with Crippen molar-refractivity contribution in [2.75, 3.05) is 26.2 Å². The molecule has 2 aromatic carbocycles. The summed E-state index contributed by atoms with van der Waals surface area (Å²) in [5.41, 5.74) is 3.86. The van der Waals surface area contributed by atoms with Gasteiger partial charge >= 0.3 is 6.09 Å². The summed E-state index contributed by atoms with van der Waals surface area (Å²) in [5, 5.41) is 1.06. The predicted molar refractivity (Wildman–Crippen MR) is 113 cm³/mol. The molecule has 3 aromatic rings. The van der Waals surface area contributed by atoms with Gasteiger partial charge in [0.05, 0.1) is 5.52 Å². The highest BCUT2D eigenvalue weighted by atomic mass is 16.6. The number of hydrogen-bond acceptors (Lipinski definition) is 4. The van der Waals surface area contributed by atoms with E-state index in [0.717, 1.165) is 22.0 Å². The molecule has 6 heteroatoms. The molecule has 150 valence electrons. The first-order valence-corrected chi connectivity index (χ1v) is 9.87. The minimum absolute atomic E-state index is 0.0460. The third-order valence-electron chi connectivity index (χ3n) is 5.34. The van der Waals surface area contributed by atoms with Crippen LogP contribution >= 0.6 is 0 Å². The lowest BCUT2D eigenvalue weighted by Gasteiger charge is -2.33. The molecule has 1 aliphatic heterocycles. The number of para-hydroxylation sites is 1. The lowest BCUT2D eigenvalue weighted by molar-refractivity contribution is 0.107. The summed E-state index contributed by atoms with van der Waals surface area (Å²) in [7, 11) is 0. The number of H-pyrrole nitrogens is 1. The topological polar surface area (TPSA) is 65.6 Å². The Kier molecular flexibility index (Phi) is 5.36. The Morgan fingerprint density at radius 3 is 2.48 bits per heavy atom. The average molecular weight is 391 g/mol. The smallest absolute Gasteiger partial charge is 0.410 e. The lowest BCUT2D eigenvalue weighted by atomic mass is 10.1. The van der Waals surface area contributed by atoms with Gasteiger partial charge in [0, 0.05) is 38.3 Å². The Morgan fingerprint density at radius 2 is 1.76 bits per heavy atom. The highest BCUT2D eigenvalue weighted by molar-refractivity contribution is 5.82. The molecule has 1 N–H and O–H groups in total. The van der Waals surface area contributed by atoms with E-state index >= 15 is 0 Å². The minimum atomic E-state index is -0.328. The molecule has 29 heavy (non-hydrogen) atoms. The number of rotatable bonds is 3. The van der Waals surface area contributed by atoms with Gasteiger partial charge < -0.3 is 14.6 Å². The molecule has 1 fully saturated rings. The zero-order valence-corrected chi connectivity index (χ0v) is 16.8. The van der Waals surface area contributed by atoms with E-state index in [0.29, 0.717) is 38.5 Å². The summed E-state index contributed by atoms with van der Waals surface area (Å²) in [6, 6.07) is 15.3. The second-order valence-corrected chi connectivity index (χ2v) is 7.61. The molecule has 0 saturated carbocycles. The van der Waals surface area contributed by atoms with Crippen LogP contribution in [0.2, 0.25) is 0 Å². The SMILES string of the molecule is Cc1cc(C)c2[nH]c(=O)c(CN3CCN(C(=O)Oc4ccccc4)CC3)cc2c1. The quantitative estimate of drug-likeness (QED) is 0.743. The molecule has 0 bridgehead atoms. The van der Waals surface area contributed by atoms with Gasteiger partial charge in [0.15, 0.2) is 0 Å². The Hall–Kier alpha value is -3.12. The van der Waals surface area contributed by atoms with Crippen molar-refractivity contribution in [3.63, 3.8) is 0 Å². The van der Waals surface area contributed by atoms with Crippen LogP contribution in [0.25, 0.3) is 10.9 Å². The van der Waals surface area contributed by atoms with Gasteiger partial charge in [-0.1, -0.05) is 29.8 Å². The number of fused-ring (bicyclic) bond motifs is 1. The van der Waals surface area contributed by atoms with Crippen molar-refractivity contribution in [2.24, 2.45) is 0 Å². The fraction of sp³-hybridized carbons (Fsp3) is 0.304. The van der Waals surface area contributed by atoms with Gasteiger partial charge in [-0.05, 0) is 49.1 Å². The van der Waals surface area contributed by atoms with Gasteiger partial charge in [0.2, 0.25) is 0 Å². The summed E-state index contributed by atoms with van der Waals surface area (Å²) in [6.07, 6.45) is -0.328.